The van der Waals surface area contributed by atoms with Gasteiger partial charge in [-0.1, -0.05) is 12.1 Å². The van der Waals surface area contributed by atoms with E-state index in [1.165, 1.54) is 27.6 Å². The first-order valence-electron chi connectivity index (χ1n) is 21.3. The number of aromatic amines is 1. The minimum Gasteiger partial charge on any atom is -0.372 e. The Kier molecular flexibility index (Phi) is 8.67. The largest absolute Gasteiger partial charge is 0.438 e. The number of hydrogen-bond donors (Lipinski definition) is 1. The lowest BCUT2D eigenvalue weighted by atomic mass is 10.1. The number of ether oxygens (including phenoxy) is 1. The van der Waals surface area contributed by atoms with Crippen LogP contribution in [0.15, 0.2) is 81.2 Å². The van der Waals surface area contributed by atoms with Gasteiger partial charge in [0.05, 0.1) is 52.9 Å². The highest BCUT2D eigenvalue weighted by atomic mass is 19.1. The van der Waals surface area contributed by atoms with Gasteiger partial charge in [0.25, 0.3) is 5.91 Å². The molecule has 11 rings (SSSR count). The van der Waals surface area contributed by atoms with Crippen LogP contribution in [-0.2, 0) is 30.3 Å². The van der Waals surface area contributed by atoms with Gasteiger partial charge in [0.1, 0.15) is 22.9 Å². The summed E-state index contributed by atoms with van der Waals surface area (Å²) in [6.45, 7) is 11.9. The Morgan fingerprint density at radius 2 is 1.69 bits per heavy atom. The van der Waals surface area contributed by atoms with Crippen molar-refractivity contribution in [1.29, 1.82) is 0 Å². The molecule has 2 fully saturated rings. The van der Waals surface area contributed by atoms with E-state index in [-0.39, 0.29) is 40.9 Å². The second-order valence-electron chi connectivity index (χ2n) is 18.1. The number of nitrogens with one attached hydrogen (secondary N) is 1. The van der Waals surface area contributed by atoms with Gasteiger partial charge in [-0.25, -0.2) is 23.1 Å². The highest BCUT2D eigenvalue weighted by Crippen LogP contribution is 2.56. The monoisotopic (exact) mass is 869 g/mol. The van der Waals surface area contributed by atoms with E-state index in [1.807, 2.05) is 16.7 Å². The maximum absolute atomic E-state index is 16.1. The Morgan fingerprint density at radius 1 is 0.938 bits per heavy atom. The molecule has 7 heterocycles. The highest BCUT2D eigenvalue weighted by molar-refractivity contribution is 6.00. The molecule has 16 nitrogen and oxygen atoms in total. The Bertz CT molecular complexity index is 3340. The molecule has 5 aromatic heterocycles. The highest BCUT2D eigenvalue weighted by Gasteiger charge is 2.59. The summed E-state index contributed by atoms with van der Waals surface area (Å²) in [6, 6.07) is 14.6. The van der Waals surface area contributed by atoms with E-state index in [4.69, 9.17) is 14.4 Å². The van der Waals surface area contributed by atoms with Crippen LogP contribution in [0, 0.1) is 31.4 Å². The molecule has 328 valence electrons. The molecule has 3 aromatic carbocycles. The van der Waals surface area contributed by atoms with Gasteiger partial charge >= 0.3 is 11.4 Å². The van der Waals surface area contributed by atoms with Crippen molar-refractivity contribution >= 4 is 33.4 Å². The molecule has 8 aromatic rings. The van der Waals surface area contributed by atoms with Crippen molar-refractivity contribution in [2.45, 2.75) is 65.1 Å². The van der Waals surface area contributed by atoms with Gasteiger partial charge in [0, 0.05) is 67.7 Å². The fourth-order valence-corrected chi connectivity index (χ4v) is 10.1. The zero-order valence-corrected chi connectivity index (χ0v) is 36.1. The Morgan fingerprint density at radius 3 is 2.41 bits per heavy atom. The Balaban J connectivity index is 1.04. The minimum absolute atomic E-state index is 0.00449. The maximum Gasteiger partial charge on any atom is 0.438 e. The normalized spacial score (nSPS) is 19.5. The molecule has 1 N–H and O–H groups in total. The third kappa shape index (κ3) is 5.94. The van der Waals surface area contributed by atoms with Crippen molar-refractivity contribution in [3.63, 3.8) is 0 Å². The first-order valence-corrected chi connectivity index (χ1v) is 21.3. The van der Waals surface area contributed by atoms with E-state index in [1.54, 1.807) is 59.6 Å². The first kappa shape index (κ1) is 39.7. The maximum atomic E-state index is 16.1. The standard InChI is InChI=1S/C46H45F2N11O5/c1-25-17-30(18-26(2)38(25)47)59-40(57-14-13-56(44(57)62)36-10-9-35-31(39(36)48)22-49-53(35)6)32-23-54(12-11-33(32)51-59)41(60)37-20-28-19-29(55-15-16-63-45(4,5)24-55)7-8-34(28)58(37)46(21-27(46)3)42-50-43(61)64-52-42/h7-10,13-14,17-20,22,27H,11-12,15-16,21,23-24H2,1-6H3,(H,50,52,61)/t27-,46-/m0/s1. The third-order valence-electron chi connectivity index (χ3n) is 13.4. The molecule has 1 aliphatic carbocycles. The molecule has 0 spiro atoms. The van der Waals surface area contributed by atoms with E-state index in [2.05, 4.69) is 53.0 Å². The van der Waals surface area contributed by atoms with E-state index in [0.717, 1.165) is 16.6 Å². The van der Waals surface area contributed by atoms with Crippen LogP contribution in [-0.4, -0.2) is 86.1 Å². The zero-order valence-electron chi connectivity index (χ0n) is 36.1. The van der Waals surface area contributed by atoms with Crippen molar-refractivity contribution in [3.05, 3.63) is 134 Å². The average Bonchev–Trinajstić information content (AvgIpc) is 3.89. The van der Waals surface area contributed by atoms with Gasteiger partial charge in [-0.3, -0.25) is 28.1 Å². The number of fused-ring (bicyclic) bond motifs is 3. The van der Waals surface area contributed by atoms with Gasteiger partial charge < -0.3 is 19.1 Å². The second-order valence-corrected chi connectivity index (χ2v) is 18.1. The Hall–Kier alpha value is -7.08. The quantitative estimate of drug-likeness (QED) is 0.208. The second kappa shape index (κ2) is 14.0. The topological polar surface area (TPSA) is 159 Å². The van der Waals surface area contributed by atoms with Crippen LogP contribution >= 0.6 is 0 Å². The number of carbonyl (C=O) groups is 1. The van der Waals surface area contributed by atoms with Crippen LogP contribution in [0.3, 0.4) is 0 Å². The number of halogens is 2. The van der Waals surface area contributed by atoms with E-state index >= 15 is 13.6 Å². The number of nitrogens with zero attached hydrogens (tertiary/aromatic N) is 10. The molecule has 1 saturated heterocycles. The van der Waals surface area contributed by atoms with Crippen molar-refractivity contribution < 1.29 is 22.8 Å². The van der Waals surface area contributed by atoms with Crippen molar-refractivity contribution in [3.8, 4) is 17.2 Å². The van der Waals surface area contributed by atoms with Gasteiger partial charge in [-0.15, -0.1) is 0 Å². The SMILES string of the molecule is Cc1cc(-n2nc3c(c2-n2ccn(-c4ccc5c(cnn5C)c4F)c2=O)CN(C(=O)c2cc4cc(N5CCOC(C)(C)C5)ccc4n2[C@@]2(c4noc(=O)[nH]4)C[C@@H]2C)CC3)cc(C)c1F. The van der Waals surface area contributed by atoms with Gasteiger partial charge in [-0.2, -0.15) is 10.2 Å². The zero-order chi connectivity index (χ0) is 44.6. The summed E-state index contributed by atoms with van der Waals surface area (Å²) >= 11 is 0. The Labute approximate surface area is 363 Å². The molecule has 3 aliphatic rings. The molecule has 1 amide bonds. The van der Waals surface area contributed by atoms with Crippen LogP contribution in [0.4, 0.5) is 14.5 Å². The van der Waals surface area contributed by atoms with Crippen molar-refractivity contribution in [2.75, 3.05) is 31.1 Å². The lowest BCUT2D eigenvalue weighted by Gasteiger charge is -2.39. The number of morpholine rings is 1. The number of H-pyrrole nitrogens is 1. The number of amides is 1. The summed E-state index contributed by atoms with van der Waals surface area (Å²) < 4.78 is 49.9. The number of aryl methyl sites for hydroxylation is 3. The van der Waals surface area contributed by atoms with Gasteiger partial charge in [0.2, 0.25) is 0 Å². The summed E-state index contributed by atoms with van der Waals surface area (Å²) in [7, 11) is 1.72. The summed E-state index contributed by atoms with van der Waals surface area (Å²) in [5.41, 5.74) is 3.62. The van der Waals surface area contributed by atoms with Crippen LogP contribution in [0.25, 0.3) is 39.0 Å². The predicted octanol–water partition coefficient (Wildman–Crippen LogP) is 5.82. The number of aromatic nitrogens is 9. The number of anilines is 1. The third-order valence-corrected chi connectivity index (χ3v) is 13.4. The van der Waals surface area contributed by atoms with Crippen molar-refractivity contribution in [1.82, 2.24) is 48.3 Å². The van der Waals surface area contributed by atoms with Gasteiger partial charge in [-0.05, 0) is 99.7 Å². The predicted molar refractivity (Wildman–Crippen MR) is 233 cm³/mol. The molecule has 2 aliphatic heterocycles. The van der Waals surface area contributed by atoms with Gasteiger partial charge in [0.15, 0.2) is 11.6 Å². The van der Waals surface area contributed by atoms with Crippen molar-refractivity contribution in [2.24, 2.45) is 13.0 Å². The fraction of sp³-hybridized carbons (Fsp3) is 0.348. The van der Waals surface area contributed by atoms with Crippen LogP contribution < -0.4 is 16.3 Å². The lowest BCUT2D eigenvalue weighted by Crippen LogP contribution is -2.48. The fourth-order valence-electron chi connectivity index (χ4n) is 10.1. The van der Waals surface area contributed by atoms with Crippen LogP contribution in [0.1, 0.15) is 65.9 Å². The molecule has 2 atom stereocenters. The summed E-state index contributed by atoms with van der Waals surface area (Å²) in [5, 5.41) is 14.5. The molecule has 0 radical (unpaired) electrons. The summed E-state index contributed by atoms with van der Waals surface area (Å²) in [4.78, 5) is 49.1. The van der Waals surface area contributed by atoms with E-state index in [9.17, 15) is 9.59 Å². The van der Waals surface area contributed by atoms with Crippen LogP contribution in [0.5, 0.6) is 0 Å². The molecular formula is C46H45F2N11O5. The summed E-state index contributed by atoms with van der Waals surface area (Å²) in [5.74, 6) is -1.23. The molecule has 1 saturated carbocycles. The van der Waals surface area contributed by atoms with E-state index in [0.29, 0.717) is 90.0 Å². The first-order chi connectivity index (χ1) is 30.6. The minimum atomic E-state index is -0.860. The summed E-state index contributed by atoms with van der Waals surface area (Å²) in [6.07, 6.45) is 5.41. The number of benzene rings is 3. The molecular weight excluding hydrogens is 825 g/mol. The molecule has 64 heavy (non-hydrogen) atoms. The molecule has 18 heteroatoms. The average molecular weight is 870 g/mol. The number of carbonyl (C=O) groups excluding carboxylic acids is 1. The van der Waals surface area contributed by atoms with Crippen LogP contribution in [0.2, 0.25) is 0 Å². The smallest absolute Gasteiger partial charge is 0.372 e. The molecule has 0 unspecified atom stereocenters. The number of imidazole rings is 1. The molecule has 0 bridgehead atoms. The van der Waals surface area contributed by atoms with E-state index < -0.39 is 22.8 Å². The lowest BCUT2D eigenvalue weighted by molar-refractivity contribution is -0.0276. The number of hydrogen-bond acceptors (Lipinski definition) is 9. The number of rotatable bonds is 7.